The minimum atomic E-state index is 0. The Kier molecular flexibility index (Phi) is 4.65. The molecule has 2 fully saturated rings. The number of hydrogen-bond donors (Lipinski definition) is 1. The van der Waals surface area contributed by atoms with Gasteiger partial charge in [-0.1, -0.05) is 35.3 Å². The highest BCUT2D eigenvalue weighted by Gasteiger charge is 2.39. The molecule has 0 amide bonds. The third-order valence-corrected chi connectivity index (χ3v) is 5.26. The quantitative estimate of drug-likeness (QED) is 0.759. The molecule has 3 atom stereocenters. The van der Waals surface area contributed by atoms with E-state index in [0.717, 1.165) is 16.1 Å². The molecule has 2 aromatic rings. The molecule has 0 unspecified atom stereocenters. The number of benzene rings is 1. The average Bonchev–Trinajstić information content (AvgIpc) is 3.10. The van der Waals surface area contributed by atoms with Gasteiger partial charge < -0.3 is 5.32 Å². The maximum Gasteiger partial charge on any atom is 0.136 e. The summed E-state index contributed by atoms with van der Waals surface area (Å²) in [5.74, 6) is 0.562. The van der Waals surface area contributed by atoms with Crippen LogP contribution in [0, 0.1) is 0 Å². The van der Waals surface area contributed by atoms with Gasteiger partial charge >= 0.3 is 0 Å². The number of halogens is 3. The Morgan fingerprint density at radius 2 is 2.00 bits per heavy atom. The third-order valence-electron chi connectivity index (χ3n) is 4.72. The van der Waals surface area contributed by atoms with Crippen LogP contribution < -0.4 is 5.32 Å². The van der Waals surface area contributed by atoms with Crippen LogP contribution in [0.3, 0.4) is 0 Å². The molecule has 4 rings (SSSR count). The lowest BCUT2D eigenvalue weighted by atomic mass is 9.84. The molecule has 3 heterocycles. The van der Waals surface area contributed by atoms with Crippen molar-refractivity contribution in [2.24, 2.45) is 0 Å². The Hall–Kier alpha value is -0.800. The fraction of sp³-hybridized carbons (Fsp3) is 0.353. The Labute approximate surface area is 146 Å². The van der Waals surface area contributed by atoms with E-state index in [1.165, 1.54) is 24.8 Å². The van der Waals surface area contributed by atoms with Gasteiger partial charge in [-0.05, 0) is 48.6 Å². The van der Waals surface area contributed by atoms with Crippen molar-refractivity contribution >= 4 is 35.6 Å². The van der Waals surface area contributed by atoms with Crippen LogP contribution in [-0.2, 0) is 0 Å². The standard InChI is InChI=1S/C17H16Cl2N2.ClH/c18-12-3-1-2-10(6-12)15-7-11(9-20-17(15)19)14-8-13-4-5-16(14)21-13;/h1-3,6-7,9,13-14,16,21H,4-5,8H2;1H/t13-,14+,16+;/m0./s1. The van der Waals surface area contributed by atoms with Crippen LogP contribution in [-0.4, -0.2) is 17.1 Å². The molecule has 5 heteroatoms. The molecule has 0 spiro atoms. The highest BCUT2D eigenvalue weighted by Crippen LogP contribution is 2.41. The molecule has 1 N–H and O–H groups in total. The lowest BCUT2D eigenvalue weighted by molar-refractivity contribution is 0.505. The average molecular weight is 356 g/mol. The zero-order valence-corrected chi connectivity index (χ0v) is 14.3. The molecule has 0 saturated carbocycles. The summed E-state index contributed by atoms with van der Waals surface area (Å²) in [5, 5.41) is 4.93. The van der Waals surface area contributed by atoms with Crippen molar-refractivity contribution in [2.75, 3.05) is 0 Å². The molecule has 1 aromatic heterocycles. The zero-order chi connectivity index (χ0) is 14.4. The Morgan fingerprint density at radius 3 is 2.68 bits per heavy atom. The fourth-order valence-corrected chi connectivity index (χ4v) is 4.12. The zero-order valence-electron chi connectivity index (χ0n) is 11.9. The van der Waals surface area contributed by atoms with Crippen LogP contribution in [0.15, 0.2) is 36.5 Å². The van der Waals surface area contributed by atoms with E-state index in [1.807, 2.05) is 30.5 Å². The Bertz CT molecular complexity index is 689. The number of rotatable bonds is 2. The molecule has 116 valence electrons. The summed E-state index contributed by atoms with van der Waals surface area (Å²) in [5.41, 5.74) is 3.28. The Balaban J connectivity index is 0.00000144. The summed E-state index contributed by atoms with van der Waals surface area (Å²) >= 11 is 12.4. The van der Waals surface area contributed by atoms with Crippen molar-refractivity contribution in [1.82, 2.24) is 10.3 Å². The van der Waals surface area contributed by atoms with Gasteiger partial charge in [-0.15, -0.1) is 12.4 Å². The lowest BCUT2D eigenvalue weighted by Crippen LogP contribution is -2.21. The first-order chi connectivity index (χ1) is 10.2. The van der Waals surface area contributed by atoms with Gasteiger partial charge in [0.25, 0.3) is 0 Å². The highest BCUT2D eigenvalue weighted by molar-refractivity contribution is 6.32. The molecule has 0 aliphatic carbocycles. The first kappa shape index (κ1) is 16.1. The van der Waals surface area contributed by atoms with Gasteiger partial charge in [-0.3, -0.25) is 0 Å². The first-order valence-corrected chi connectivity index (χ1v) is 8.14. The summed E-state index contributed by atoms with van der Waals surface area (Å²) in [4.78, 5) is 4.41. The van der Waals surface area contributed by atoms with Gasteiger partial charge in [0.1, 0.15) is 5.15 Å². The van der Waals surface area contributed by atoms with E-state index in [-0.39, 0.29) is 12.4 Å². The molecule has 2 bridgehead atoms. The van der Waals surface area contributed by atoms with Crippen molar-refractivity contribution in [1.29, 1.82) is 0 Å². The highest BCUT2D eigenvalue weighted by atomic mass is 35.5. The summed E-state index contributed by atoms with van der Waals surface area (Å²) in [6, 6.07) is 11.3. The normalized spacial score (nSPS) is 26.0. The summed E-state index contributed by atoms with van der Waals surface area (Å²) in [6.45, 7) is 0. The SMILES string of the molecule is Cl.Clc1cccc(-c2cc([C@H]3C[C@@H]4CC[C@H]3N4)cnc2Cl)c1. The van der Waals surface area contributed by atoms with E-state index in [9.17, 15) is 0 Å². The topological polar surface area (TPSA) is 24.9 Å². The van der Waals surface area contributed by atoms with E-state index in [4.69, 9.17) is 23.2 Å². The van der Waals surface area contributed by atoms with Crippen LogP contribution in [0.2, 0.25) is 10.2 Å². The van der Waals surface area contributed by atoms with Crippen LogP contribution in [0.4, 0.5) is 0 Å². The molecule has 2 saturated heterocycles. The van der Waals surface area contributed by atoms with Gasteiger partial charge in [0.15, 0.2) is 0 Å². The Morgan fingerprint density at radius 1 is 1.14 bits per heavy atom. The second kappa shape index (κ2) is 6.37. The number of hydrogen-bond acceptors (Lipinski definition) is 2. The van der Waals surface area contributed by atoms with Crippen LogP contribution >= 0.6 is 35.6 Å². The minimum absolute atomic E-state index is 0. The number of pyridine rings is 1. The van der Waals surface area contributed by atoms with Gasteiger partial charge in [0.05, 0.1) is 0 Å². The third kappa shape index (κ3) is 2.85. The van der Waals surface area contributed by atoms with E-state index in [2.05, 4.69) is 16.4 Å². The second-order valence-corrected chi connectivity index (χ2v) is 6.80. The smallest absolute Gasteiger partial charge is 0.136 e. The number of fused-ring (bicyclic) bond motifs is 2. The van der Waals surface area contributed by atoms with Crippen LogP contribution in [0.1, 0.15) is 30.7 Å². The van der Waals surface area contributed by atoms with Crippen LogP contribution in [0.25, 0.3) is 11.1 Å². The molecular formula is C17H17Cl3N2. The summed E-state index contributed by atoms with van der Waals surface area (Å²) < 4.78 is 0. The molecule has 2 aliphatic heterocycles. The maximum atomic E-state index is 6.30. The predicted molar refractivity (Wildman–Crippen MR) is 94.2 cm³/mol. The first-order valence-electron chi connectivity index (χ1n) is 7.38. The number of aromatic nitrogens is 1. The molecule has 0 radical (unpaired) electrons. The molecular weight excluding hydrogens is 339 g/mol. The summed E-state index contributed by atoms with van der Waals surface area (Å²) in [6.07, 6.45) is 5.72. The number of nitrogens with one attached hydrogen (secondary N) is 1. The van der Waals surface area contributed by atoms with Gasteiger partial charge in [0.2, 0.25) is 0 Å². The second-order valence-electron chi connectivity index (χ2n) is 6.01. The molecule has 2 aliphatic rings. The molecule has 1 aromatic carbocycles. The van der Waals surface area contributed by atoms with E-state index < -0.39 is 0 Å². The lowest BCUT2D eigenvalue weighted by Gasteiger charge is -2.21. The maximum absolute atomic E-state index is 6.30. The monoisotopic (exact) mass is 354 g/mol. The van der Waals surface area contributed by atoms with Crippen molar-refractivity contribution < 1.29 is 0 Å². The van der Waals surface area contributed by atoms with Gasteiger partial charge in [-0.2, -0.15) is 0 Å². The number of nitrogens with zero attached hydrogens (tertiary/aromatic N) is 1. The van der Waals surface area contributed by atoms with E-state index in [0.29, 0.717) is 23.2 Å². The van der Waals surface area contributed by atoms with Crippen molar-refractivity contribution in [3.8, 4) is 11.1 Å². The summed E-state index contributed by atoms with van der Waals surface area (Å²) in [7, 11) is 0. The van der Waals surface area contributed by atoms with E-state index >= 15 is 0 Å². The van der Waals surface area contributed by atoms with Crippen molar-refractivity contribution in [3.05, 3.63) is 52.3 Å². The molecule has 2 nitrogen and oxygen atoms in total. The van der Waals surface area contributed by atoms with Crippen molar-refractivity contribution in [3.63, 3.8) is 0 Å². The molecule has 22 heavy (non-hydrogen) atoms. The van der Waals surface area contributed by atoms with Crippen molar-refractivity contribution in [2.45, 2.75) is 37.3 Å². The minimum Gasteiger partial charge on any atom is -0.311 e. The van der Waals surface area contributed by atoms with Gasteiger partial charge in [0, 0.05) is 34.8 Å². The largest absolute Gasteiger partial charge is 0.311 e. The predicted octanol–water partition coefficient (Wildman–Crippen LogP) is 5.09. The van der Waals surface area contributed by atoms with Crippen LogP contribution in [0.5, 0.6) is 0 Å². The van der Waals surface area contributed by atoms with Gasteiger partial charge in [-0.25, -0.2) is 4.98 Å². The van der Waals surface area contributed by atoms with E-state index in [1.54, 1.807) is 0 Å². The fourth-order valence-electron chi connectivity index (χ4n) is 3.72.